The zero-order valence-corrected chi connectivity index (χ0v) is 12.0. The predicted molar refractivity (Wildman–Crippen MR) is 70.2 cm³/mol. The molecule has 0 amide bonds. The topological polar surface area (TPSA) is 37.0 Å². The van der Waals surface area contributed by atoms with Gasteiger partial charge in [-0.25, -0.2) is 18.2 Å². The molecule has 1 heterocycles. The molecule has 1 aromatic heterocycles. The van der Waals surface area contributed by atoms with Gasteiger partial charge in [-0.15, -0.1) is 0 Å². The summed E-state index contributed by atoms with van der Waals surface area (Å²) in [6, 6.07) is 1.39. The molecule has 0 aromatic carbocycles. The zero-order chi connectivity index (χ0) is 16.3. The van der Waals surface area contributed by atoms with E-state index in [9.17, 15) is 22.0 Å². The molecule has 0 aliphatic carbocycles. The monoisotopic (exact) mass is 311 g/mol. The van der Waals surface area contributed by atoms with E-state index in [1.165, 1.54) is 12.3 Å². The number of halogens is 5. The fourth-order valence-corrected chi connectivity index (χ4v) is 1.38. The molecule has 0 saturated heterocycles. The molecular weight excluding hydrogens is 293 g/mol. The van der Waals surface area contributed by atoms with Crippen molar-refractivity contribution in [3.05, 3.63) is 23.6 Å². The predicted octanol–water partition coefficient (Wildman–Crippen LogP) is 3.42. The first-order valence-corrected chi connectivity index (χ1v) is 6.31. The number of rotatable bonds is 6. The summed E-state index contributed by atoms with van der Waals surface area (Å²) in [5.74, 6) is -5.55. The van der Waals surface area contributed by atoms with E-state index in [-0.39, 0.29) is 17.6 Å². The minimum atomic E-state index is -4.24. The van der Waals surface area contributed by atoms with Crippen LogP contribution in [0.25, 0.3) is 0 Å². The molecule has 0 radical (unpaired) electrons. The molecule has 8 heteroatoms. The highest BCUT2D eigenvalue weighted by Crippen LogP contribution is 2.24. The Labute approximate surface area is 119 Å². The van der Waals surface area contributed by atoms with Gasteiger partial charge in [-0.1, -0.05) is 0 Å². The van der Waals surface area contributed by atoms with Gasteiger partial charge in [0.2, 0.25) is 0 Å². The molecule has 0 atom stereocenters. The molecule has 0 aliphatic rings. The van der Waals surface area contributed by atoms with Gasteiger partial charge < -0.3 is 10.6 Å². The van der Waals surface area contributed by atoms with Crippen LogP contribution in [0.4, 0.5) is 27.8 Å². The number of nitrogens with one attached hydrogen (secondary N) is 2. The third-order valence-corrected chi connectivity index (χ3v) is 2.59. The van der Waals surface area contributed by atoms with Crippen molar-refractivity contribution in [2.45, 2.75) is 45.2 Å². The van der Waals surface area contributed by atoms with Gasteiger partial charge in [-0.2, -0.15) is 8.78 Å². The van der Waals surface area contributed by atoms with Gasteiger partial charge in [0.05, 0.1) is 6.54 Å². The van der Waals surface area contributed by atoms with Crippen LogP contribution >= 0.6 is 0 Å². The van der Waals surface area contributed by atoms with Crippen LogP contribution in [0.15, 0.2) is 12.3 Å². The van der Waals surface area contributed by atoms with Crippen LogP contribution in [0, 0.1) is 5.82 Å². The minimum Gasteiger partial charge on any atom is -0.361 e. The number of hydrogen-bond donors (Lipinski definition) is 2. The van der Waals surface area contributed by atoms with E-state index in [0.717, 1.165) is 0 Å². The van der Waals surface area contributed by atoms with Crippen LogP contribution in [0.1, 0.15) is 26.3 Å². The summed E-state index contributed by atoms with van der Waals surface area (Å²) in [7, 11) is 0. The Kier molecular flexibility index (Phi) is 5.49. The van der Waals surface area contributed by atoms with Gasteiger partial charge in [0.25, 0.3) is 0 Å². The molecule has 0 fully saturated rings. The Morgan fingerprint density at radius 2 is 1.86 bits per heavy atom. The fraction of sp³-hybridized carbons (Fsp3) is 0.615. The van der Waals surface area contributed by atoms with Crippen LogP contribution in [-0.4, -0.2) is 29.4 Å². The van der Waals surface area contributed by atoms with Crippen molar-refractivity contribution in [2.75, 3.05) is 11.9 Å². The van der Waals surface area contributed by atoms with Crippen molar-refractivity contribution in [2.24, 2.45) is 0 Å². The first kappa shape index (κ1) is 17.6. The van der Waals surface area contributed by atoms with E-state index in [0.29, 0.717) is 0 Å². The molecule has 0 aliphatic heterocycles. The Morgan fingerprint density at radius 1 is 1.24 bits per heavy atom. The lowest BCUT2D eigenvalue weighted by atomic mass is 10.1. The van der Waals surface area contributed by atoms with Gasteiger partial charge >= 0.3 is 12.3 Å². The highest BCUT2D eigenvalue weighted by atomic mass is 19.3. The second-order valence-corrected chi connectivity index (χ2v) is 5.65. The van der Waals surface area contributed by atoms with E-state index in [1.54, 1.807) is 0 Å². The summed E-state index contributed by atoms with van der Waals surface area (Å²) in [6.45, 7) is 4.43. The molecule has 0 bridgehead atoms. The van der Waals surface area contributed by atoms with Crippen LogP contribution in [0.2, 0.25) is 0 Å². The Hall–Kier alpha value is -1.44. The minimum absolute atomic E-state index is 0.164. The van der Waals surface area contributed by atoms with E-state index >= 15 is 0 Å². The standard InChI is InChI=1S/C13H18F5N3/c1-12(2,3)21-6-8-4-5-19-10(9(8)14)20-7-13(17,18)11(15)16/h4-5,11,21H,6-7H2,1-3H3,(H,19,20). The van der Waals surface area contributed by atoms with Crippen LogP contribution in [0.3, 0.4) is 0 Å². The SMILES string of the molecule is CC(C)(C)NCc1ccnc(NCC(F)(F)C(F)F)c1F. The Bertz CT molecular complexity index is 471. The third kappa shape index (κ3) is 5.45. The average molecular weight is 311 g/mol. The first-order chi connectivity index (χ1) is 9.53. The quantitative estimate of drug-likeness (QED) is 0.791. The van der Waals surface area contributed by atoms with Crippen LogP contribution in [-0.2, 0) is 6.54 Å². The van der Waals surface area contributed by atoms with Gasteiger partial charge in [-0.3, -0.25) is 0 Å². The molecule has 120 valence electrons. The molecular formula is C13H18F5N3. The summed E-state index contributed by atoms with van der Waals surface area (Å²) >= 11 is 0. The number of nitrogens with zero attached hydrogens (tertiary/aromatic N) is 1. The third-order valence-electron chi connectivity index (χ3n) is 2.59. The highest BCUT2D eigenvalue weighted by Gasteiger charge is 2.40. The molecule has 2 N–H and O–H groups in total. The van der Waals surface area contributed by atoms with E-state index in [1.807, 2.05) is 26.1 Å². The summed E-state index contributed by atoms with van der Waals surface area (Å²) in [6.07, 6.45) is -2.59. The maximum absolute atomic E-state index is 14.0. The van der Waals surface area contributed by atoms with E-state index in [4.69, 9.17) is 0 Å². The summed E-state index contributed by atoms with van der Waals surface area (Å²) in [5.41, 5.74) is -0.0470. The van der Waals surface area contributed by atoms with Gasteiger partial charge in [0, 0.05) is 23.8 Å². The molecule has 1 aromatic rings. The molecule has 21 heavy (non-hydrogen) atoms. The van der Waals surface area contributed by atoms with Crippen LogP contribution in [0.5, 0.6) is 0 Å². The van der Waals surface area contributed by atoms with Crippen molar-refractivity contribution in [1.29, 1.82) is 0 Å². The second kappa shape index (κ2) is 6.55. The highest BCUT2D eigenvalue weighted by molar-refractivity contribution is 5.40. The summed E-state index contributed by atoms with van der Waals surface area (Å²) in [5, 5.41) is 4.96. The Balaban J connectivity index is 2.77. The second-order valence-electron chi connectivity index (χ2n) is 5.65. The van der Waals surface area contributed by atoms with E-state index in [2.05, 4.69) is 10.3 Å². The smallest absolute Gasteiger partial charge is 0.324 e. The molecule has 0 unspecified atom stereocenters. The lowest BCUT2D eigenvalue weighted by Crippen LogP contribution is -2.36. The largest absolute Gasteiger partial charge is 0.361 e. The van der Waals surface area contributed by atoms with E-state index < -0.39 is 30.5 Å². The zero-order valence-electron chi connectivity index (χ0n) is 12.0. The number of alkyl halides is 4. The van der Waals surface area contributed by atoms with Gasteiger partial charge in [-0.05, 0) is 26.8 Å². The number of aromatic nitrogens is 1. The molecule has 1 rings (SSSR count). The van der Waals surface area contributed by atoms with Crippen LogP contribution < -0.4 is 10.6 Å². The number of pyridine rings is 1. The summed E-state index contributed by atoms with van der Waals surface area (Å²) < 4.78 is 63.7. The van der Waals surface area contributed by atoms with Crippen molar-refractivity contribution in [3.63, 3.8) is 0 Å². The Morgan fingerprint density at radius 3 is 2.38 bits per heavy atom. The maximum Gasteiger partial charge on any atom is 0.324 e. The van der Waals surface area contributed by atoms with Crippen molar-refractivity contribution >= 4 is 5.82 Å². The summed E-state index contributed by atoms with van der Waals surface area (Å²) in [4.78, 5) is 3.55. The normalized spacial score (nSPS) is 12.8. The van der Waals surface area contributed by atoms with Gasteiger partial charge in [0.1, 0.15) is 0 Å². The first-order valence-electron chi connectivity index (χ1n) is 6.31. The number of hydrogen-bond acceptors (Lipinski definition) is 3. The molecule has 3 nitrogen and oxygen atoms in total. The maximum atomic E-state index is 14.0. The van der Waals surface area contributed by atoms with Crippen molar-refractivity contribution < 1.29 is 22.0 Å². The molecule has 0 saturated carbocycles. The van der Waals surface area contributed by atoms with Gasteiger partial charge in [0.15, 0.2) is 11.6 Å². The number of anilines is 1. The lowest BCUT2D eigenvalue weighted by Gasteiger charge is -2.21. The fourth-order valence-electron chi connectivity index (χ4n) is 1.38. The van der Waals surface area contributed by atoms with Crippen molar-refractivity contribution in [3.8, 4) is 0 Å². The average Bonchev–Trinajstić information content (AvgIpc) is 2.35. The lowest BCUT2D eigenvalue weighted by molar-refractivity contribution is -0.117. The molecule has 0 spiro atoms. The van der Waals surface area contributed by atoms with Crippen molar-refractivity contribution in [1.82, 2.24) is 10.3 Å².